The van der Waals surface area contributed by atoms with Gasteiger partial charge in [-0.25, -0.2) is 9.97 Å². The summed E-state index contributed by atoms with van der Waals surface area (Å²) < 4.78 is 0. The fourth-order valence-corrected chi connectivity index (χ4v) is 2.77. The fourth-order valence-electron chi connectivity index (χ4n) is 2.77. The number of nitro groups is 1. The van der Waals surface area contributed by atoms with E-state index in [-0.39, 0.29) is 11.6 Å². The second-order valence-electron chi connectivity index (χ2n) is 5.97. The average molecular weight is 356 g/mol. The van der Waals surface area contributed by atoms with Gasteiger partial charge in [0.15, 0.2) is 0 Å². The van der Waals surface area contributed by atoms with Crippen molar-refractivity contribution < 1.29 is 9.72 Å². The van der Waals surface area contributed by atoms with Crippen LogP contribution < -0.4 is 10.2 Å². The van der Waals surface area contributed by atoms with E-state index in [9.17, 15) is 14.9 Å². The first kappa shape index (κ1) is 17.7. The molecule has 0 aromatic carbocycles. The van der Waals surface area contributed by atoms with Crippen molar-refractivity contribution in [1.82, 2.24) is 14.9 Å². The Bertz CT molecular complexity index is 745. The number of piperazine rings is 1. The van der Waals surface area contributed by atoms with Crippen molar-refractivity contribution >= 4 is 23.2 Å². The number of hydrogen-bond donors (Lipinski definition) is 1. The molecule has 0 radical (unpaired) electrons. The van der Waals surface area contributed by atoms with Gasteiger partial charge in [0.25, 0.3) is 5.69 Å². The van der Waals surface area contributed by atoms with Crippen LogP contribution in [0.4, 0.5) is 17.3 Å². The van der Waals surface area contributed by atoms with E-state index in [0.717, 1.165) is 38.2 Å². The minimum absolute atomic E-state index is 0.103. The maximum Gasteiger partial charge on any atom is 0.287 e. The highest BCUT2D eigenvalue weighted by atomic mass is 16.6. The van der Waals surface area contributed by atoms with E-state index >= 15 is 0 Å². The molecule has 3 heterocycles. The molecule has 1 saturated heterocycles. The first-order chi connectivity index (χ1) is 12.6. The number of carbonyl (C=O) groups is 1. The molecule has 136 valence electrons. The number of pyridine rings is 2. The summed E-state index contributed by atoms with van der Waals surface area (Å²) >= 11 is 0. The van der Waals surface area contributed by atoms with Gasteiger partial charge in [-0.2, -0.15) is 0 Å². The van der Waals surface area contributed by atoms with Crippen LogP contribution in [0, 0.1) is 10.1 Å². The molecule has 2 aromatic rings. The summed E-state index contributed by atoms with van der Waals surface area (Å²) in [5, 5.41) is 13.3. The maximum atomic E-state index is 12.0. The molecule has 0 saturated carbocycles. The molecule has 1 aliphatic heterocycles. The van der Waals surface area contributed by atoms with E-state index in [1.54, 1.807) is 6.20 Å². The summed E-state index contributed by atoms with van der Waals surface area (Å²) in [5.74, 6) is 1.15. The molecule has 26 heavy (non-hydrogen) atoms. The van der Waals surface area contributed by atoms with Crippen LogP contribution in [0.3, 0.4) is 0 Å². The maximum absolute atomic E-state index is 12.0. The zero-order chi connectivity index (χ0) is 18.4. The molecule has 1 fully saturated rings. The Hall–Kier alpha value is -3.07. The van der Waals surface area contributed by atoms with Crippen LogP contribution in [-0.4, -0.2) is 58.4 Å². The Kier molecular flexibility index (Phi) is 5.69. The number of amides is 1. The van der Waals surface area contributed by atoms with Crippen LogP contribution in [0.15, 0.2) is 42.7 Å². The van der Waals surface area contributed by atoms with E-state index in [1.165, 1.54) is 12.1 Å². The average Bonchev–Trinajstić information content (AvgIpc) is 2.68. The third-order valence-electron chi connectivity index (χ3n) is 4.23. The zero-order valence-electron chi connectivity index (χ0n) is 14.2. The van der Waals surface area contributed by atoms with Crippen molar-refractivity contribution in [2.45, 2.75) is 6.42 Å². The number of anilines is 2. The minimum Gasteiger partial charge on any atom is -0.354 e. The van der Waals surface area contributed by atoms with Crippen LogP contribution in [-0.2, 0) is 4.79 Å². The standard InChI is InChI=1S/C17H20N6O3/c24-17(20-15-5-4-14(13-19-15)23(25)26)6-8-21-9-11-22(12-10-21)16-3-1-2-7-18-16/h1-5,7,13H,6,8-12H2,(H,19,20,24). The molecule has 0 unspecified atom stereocenters. The third kappa shape index (κ3) is 4.73. The minimum atomic E-state index is -0.525. The molecular weight excluding hydrogens is 336 g/mol. The van der Waals surface area contributed by atoms with Crippen LogP contribution in [0.25, 0.3) is 0 Å². The molecule has 1 amide bonds. The largest absolute Gasteiger partial charge is 0.354 e. The summed E-state index contributed by atoms with van der Waals surface area (Å²) in [4.78, 5) is 34.8. The highest BCUT2D eigenvalue weighted by Crippen LogP contribution is 2.14. The third-order valence-corrected chi connectivity index (χ3v) is 4.23. The topological polar surface area (TPSA) is 105 Å². The summed E-state index contributed by atoms with van der Waals surface area (Å²) in [5.41, 5.74) is -0.103. The van der Waals surface area contributed by atoms with Crippen molar-refractivity contribution in [2.24, 2.45) is 0 Å². The Morgan fingerprint density at radius 2 is 1.96 bits per heavy atom. The van der Waals surface area contributed by atoms with E-state index in [0.29, 0.717) is 18.8 Å². The van der Waals surface area contributed by atoms with Crippen molar-refractivity contribution in [1.29, 1.82) is 0 Å². The van der Waals surface area contributed by atoms with Gasteiger partial charge in [-0.05, 0) is 18.2 Å². The first-order valence-electron chi connectivity index (χ1n) is 8.40. The Balaban J connectivity index is 1.40. The van der Waals surface area contributed by atoms with Crippen molar-refractivity contribution in [2.75, 3.05) is 42.9 Å². The molecule has 3 rings (SSSR count). The van der Waals surface area contributed by atoms with Crippen LogP contribution in [0.2, 0.25) is 0 Å². The normalized spacial score (nSPS) is 14.8. The molecule has 2 aromatic heterocycles. The smallest absolute Gasteiger partial charge is 0.287 e. The Morgan fingerprint density at radius 1 is 1.15 bits per heavy atom. The van der Waals surface area contributed by atoms with E-state index in [1.807, 2.05) is 18.2 Å². The molecule has 9 heteroatoms. The van der Waals surface area contributed by atoms with Crippen molar-refractivity contribution in [3.63, 3.8) is 0 Å². The summed E-state index contributed by atoms with van der Waals surface area (Å²) in [6.07, 6.45) is 3.27. The van der Waals surface area contributed by atoms with Gasteiger partial charge in [-0.3, -0.25) is 19.8 Å². The molecular formula is C17H20N6O3. The lowest BCUT2D eigenvalue weighted by molar-refractivity contribution is -0.385. The highest BCUT2D eigenvalue weighted by Gasteiger charge is 2.18. The molecule has 1 aliphatic rings. The van der Waals surface area contributed by atoms with Gasteiger partial charge in [-0.1, -0.05) is 6.07 Å². The quantitative estimate of drug-likeness (QED) is 0.618. The molecule has 0 atom stereocenters. The van der Waals surface area contributed by atoms with Gasteiger partial charge < -0.3 is 10.2 Å². The summed E-state index contributed by atoms with van der Waals surface area (Å²) in [6.45, 7) is 4.17. The molecule has 9 nitrogen and oxygen atoms in total. The van der Waals surface area contributed by atoms with E-state index in [2.05, 4.69) is 25.1 Å². The number of nitrogens with one attached hydrogen (secondary N) is 1. The van der Waals surface area contributed by atoms with Gasteiger partial charge >= 0.3 is 0 Å². The number of rotatable bonds is 6. The highest BCUT2D eigenvalue weighted by molar-refractivity contribution is 5.89. The van der Waals surface area contributed by atoms with Gasteiger partial charge in [0.05, 0.1) is 4.92 Å². The predicted molar refractivity (Wildman–Crippen MR) is 97.0 cm³/mol. The molecule has 0 aliphatic carbocycles. The zero-order valence-corrected chi connectivity index (χ0v) is 14.2. The van der Waals surface area contributed by atoms with Crippen LogP contribution >= 0.6 is 0 Å². The number of hydrogen-bond acceptors (Lipinski definition) is 7. The van der Waals surface area contributed by atoms with Crippen LogP contribution in [0.1, 0.15) is 6.42 Å². The summed E-state index contributed by atoms with van der Waals surface area (Å²) in [7, 11) is 0. The lowest BCUT2D eigenvalue weighted by Crippen LogP contribution is -2.47. The lowest BCUT2D eigenvalue weighted by atomic mass is 10.2. The Morgan fingerprint density at radius 3 is 2.58 bits per heavy atom. The molecule has 0 bridgehead atoms. The monoisotopic (exact) mass is 356 g/mol. The van der Waals surface area contributed by atoms with E-state index in [4.69, 9.17) is 0 Å². The van der Waals surface area contributed by atoms with Gasteiger partial charge in [-0.15, -0.1) is 0 Å². The van der Waals surface area contributed by atoms with E-state index < -0.39 is 4.92 Å². The lowest BCUT2D eigenvalue weighted by Gasteiger charge is -2.35. The first-order valence-corrected chi connectivity index (χ1v) is 8.40. The number of carbonyl (C=O) groups excluding carboxylic acids is 1. The van der Waals surface area contributed by atoms with Crippen LogP contribution in [0.5, 0.6) is 0 Å². The summed E-state index contributed by atoms with van der Waals surface area (Å²) in [6, 6.07) is 8.63. The SMILES string of the molecule is O=C(CCN1CCN(c2ccccn2)CC1)Nc1ccc([N+](=O)[O-])cn1. The predicted octanol–water partition coefficient (Wildman–Crippen LogP) is 1.54. The fraction of sp³-hybridized carbons (Fsp3) is 0.353. The number of nitrogens with zero attached hydrogens (tertiary/aromatic N) is 5. The van der Waals surface area contributed by atoms with Gasteiger partial charge in [0, 0.05) is 51.4 Å². The van der Waals surface area contributed by atoms with Gasteiger partial charge in [0.1, 0.15) is 17.8 Å². The second kappa shape index (κ2) is 8.34. The number of aromatic nitrogens is 2. The van der Waals surface area contributed by atoms with Crippen molar-refractivity contribution in [3.8, 4) is 0 Å². The second-order valence-corrected chi connectivity index (χ2v) is 5.97. The molecule has 0 spiro atoms. The van der Waals surface area contributed by atoms with Crippen molar-refractivity contribution in [3.05, 3.63) is 52.8 Å². The van der Waals surface area contributed by atoms with Gasteiger partial charge in [0.2, 0.25) is 5.91 Å². The Labute approximate surface area is 150 Å². The molecule has 1 N–H and O–H groups in total.